The number of likely N-dealkylation sites (tertiary alicyclic amines) is 2. The summed E-state index contributed by atoms with van der Waals surface area (Å²) in [6.07, 6.45) is 6.77. The summed E-state index contributed by atoms with van der Waals surface area (Å²) in [5, 5.41) is 7.70. The molecule has 83 heavy (non-hydrogen) atoms. The predicted octanol–water partition coefficient (Wildman–Crippen LogP) is 11.4. The molecule has 4 atom stereocenters. The molecule has 440 valence electrons. The molecule has 0 saturated carbocycles. The monoisotopic (exact) mass is 1130 g/mol. The van der Waals surface area contributed by atoms with Crippen molar-refractivity contribution in [2.24, 2.45) is 5.73 Å². The zero-order valence-electron chi connectivity index (χ0n) is 49.6. The standard InChI is InChI=1S/C36H46N4O5.C31H38N4O3/c1-36(2,3)45-35(42)37-29(21-25-13-14-26-10-6-7-11-27(26)20-25)22-33(41)39-17-8-12-28(24-39)34-38-31-16-15-30(44-5)23-32(31)40(34)18-9-19-43-4;1-37-16-6-15-35-29-20-27(38-2)12-13-28(29)33-31(35)25-9-5-14-34(21-25)30(36)19-26(32)18-22-10-11-23-7-3-4-8-24(23)17-22/h6-7,10-11,13-16,20,23,28-29H,8-9,12,17-19,21-22,24H2,1-5H3,(H,37,42);3-4,7-8,10-13,17,20,25-26H,5-6,9,14-16,18-19,21,32H2,1-2H3/t28-,29-;25-,26-/m11/s1. The number of carbonyl (C=O) groups is 3. The number of piperidine rings is 2. The van der Waals surface area contributed by atoms with Crippen LogP contribution < -0.4 is 20.5 Å². The number of methoxy groups -OCH3 is 4. The Labute approximate surface area is 488 Å². The quantitative estimate of drug-likeness (QED) is 0.0655. The van der Waals surface area contributed by atoms with Gasteiger partial charge < -0.3 is 53.7 Å². The van der Waals surface area contributed by atoms with Crippen molar-refractivity contribution in [3.05, 3.63) is 144 Å². The van der Waals surface area contributed by atoms with Gasteiger partial charge in [-0.15, -0.1) is 0 Å². The Hall–Kier alpha value is -7.53. The van der Waals surface area contributed by atoms with Crippen molar-refractivity contribution in [2.75, 3.05) is 67.8 Å². The lowest BCUT2D eigenvalue weighted by Gasteiger charge is -2.34. The lowest BCUT2D eigenvalue weighted by molar-refractivity contribution is -0.133. The van der Waals surface area contributed by atoms with E-state index >= 15 is 0 Å². The highest BCUT2D eigenvalue weighted by molar-refractivity contribution is 5.85. The molecule has 3 N–H and O–H groups in total. The molecule has 3 amide bonds. The number of imidazole rings is 2. The van der Waals surface area contributed by atoms with Crippen LogP contribution in [0.25, 0.3) is 43.6 Å². The predicted molar refractivity (Wildman–Crippen MR) is 328 cm³/mol. The molecule has 10 rings (SSSR count). The Balaban J connectivity index is 0.000000202. The van der Waals surface area contributed by atoms with Crippen LogP contribution in [0.3, 0.4) is 0 Å². The van der Waals surface area contributed by atoms with Crippen LogP contribution >= 0.6 is 0 Å². The molecule has 16 heteroatoms. The Morgan fingerprint density at radius 1 is 0.602 bits per heavy atom. The minimum absolute atomic E-state index is 0.0188. The second-order valence-electron chi connectivity index (χ2n) is 23.3. The average molecular weight is 1130 g/mol. The normalized spacial score (nSPS) is 16.4. The van der Waals surface area contributed by atoms with E-state index in [9.17, 15) is 14.4 Å². The molecule has 6 aromatic carbocycles. The van der Waals surface area contributed by atoms with E-state index in [0.29, 0.717) is 52.1 Å². The third-order valence-corrected chi connectivity index (χ3v) is 15.9. The van der Waals surface area contributed by atoms with Crippen molar-refractivity contribution >= 4 is 61.5 Å². The third-order valence-electron chi connectivity index (χ3n) is 15.9. The minimum atomic E-state index is -0.638. The molecule has 4 heterocycles. The number of ether oxygens (including phenoxy) is 5. The van der Waals surface area contributed by atoms with Gasteiger partial charge in [-0.1, -0.05) is 84.9 Å². The average Bonchev–Trinajstić information content (AvgIpc) is 4.12. The van der Waals surface area contributed by atoms with E-state index in [4.69, 9.17) is 39.4 Å². The molecule has 2 saturated heterocycles. The van der Waals surface area contributed by atoms with Crippen molar-refractivity contribution in [3.8, 4) is 11.5 Å². The van der Waals surface area contributed by atoms with Gasteiger partial charge in [0.25, 0.3) is 0 Å². The van der Waals surface area contributed by atoms with Gasteiger partial charge >= 0.3 is 6.09 Å². The van der Waals surface area contributed by atoms with Crippen LogP contribution in [-0.2, 0) is 49.7 Å². The van der Waals surface area contributed by atoms with Gasteiger partial charge in [0.05, 0.1) is 36.3 Å². The van der Waals surface area contributed by atoms with Crippen LogP contribution in [0.2, 0.25) is 0 Å². The molecular weight excluding hydrogens is 1040 g/mol. The summed E-state index contributed by atoms with van der Waals surface area (Å²) in [6.45, 7) is 11.1. The number of nitrogens with two attached hydrogens (primary N) is 1. The summed E-state index contributed by atoms with van der Waals surface area (Å²) in [5.41, 5.74) is 12.0. The lowest BCUT2D eigenvalue weighted by Crippen LogP contribution is -2.46. The highest BCUT2D eigenvalue weighted by Gasteiger charge is 2.32. The first kappa shape index (κ1) is 60.1. The van der Waals surface area contributed by atoms with Crippen LogP contribution in [0.4, 0.5) is 4.79 Å². The van der Waals surface area contributed by atoms with E-state index in [0.717, 1.165) is 120 Å². The van der Waals surface area contributed by atoms with Crippen LogP contribution in [0.1, 0.15) is 107 Å². The van der Waals surface area contributed by atoms with Crippen LogP contribution in [-0.4, -0.2) is 132 Å². The number of rotatable bonds is 21. The van der Waals surface area contributed by atoms with Crippen LogP contribution in [0.15, 0.2) is 121 Å². The van der Waals surface area contributed by atoms with Crippen LogP contribution in [0.5, 0.6) is 11.5 Å². The second-order valence-corrected chi connectivity index (χ2v) is 23.3. The second kappa shape index (κ2) is 28.2. The van der Waals surface area contributed by atoms with Crippen molar-refractivity contribution < 1.29 is 38.1 Å². The summed E-state index contributed by atoms with van der Waals surface area (Å²) in [5.74, 6) is 4.08. The fourth-order valence-electron chi connectivity index (χ4n) is 11.9. The maximum Gasteiger partial charge on any atom is 0.407 e. The van der Waals surface area contributed by atoms with Crippen molar-refractivity contribution in [3.63, 3.8) is 0 Å². The lowest BCUT2D eigenvalue weighted by atomic mass is 9.95. The topological polar surface area (TPSA) is 178 Å². The number of nitrogens with one attached hydrogen (secondary N) is 1. The highest BCUT2D eigenvalue weighted by atomic mass is 16.6. The number of fused-ring (bicyclic) bond motifs is 4. The Bertz CT molecular complexity index is 3480. The maximum atomic E-state index is 13.9. The first-order valence-electron chi connectivity index (χ1n) is 29.5. The Morgan fingerprint density at radius 2 is 1.07 bits per heavy atom. The number of aryl methyl sites for hydroxylation is 2. The molecule has 0 radical (unpaired) electrons. The number of nitrogens with zero attached hydrogens (tertiary/aromatic N) is 6. The molecule has 8 aromatic rings. The molecule has 16 nitrogen and oxygen atoms in total. The molecule has 2 aromatic heterocycles. The van der Waals surface area contributed by atoms with Gasteiger partial charge in [-0.05, 0) is 129 Å². The van der Waals surface area contributed by atoms with Crippen molar-refractivity contribution in [2.45, 2.75) is 128 Å². The number of alkyl carbamates (subject to hydrolysis) is 1. The largest absolute Gasteiger partial charge is 0.497 e. The SMILES string of the molecule is COCCCn1c([C@@H]2CCCN(C(=O)C[C@@H](Cc3ccc4ccccc4c3)NC(=O)OC(C)(C)C)C2)nc2ccc(OC)cc21.COCCCn1c([C@@H]2CCCN(C(=O)C[C@H](N)Cc3ccc4ccccc4c3)C2)nc2ccc(OC)cc21. The van der Waals surface area contributed by atoms with E-state index in [1.165, 1.54) is 16.3 Å². The number of carbonyl (C=O) groups excluding carboxylic acids is 3. The van der Waals surface area contributed by atoms with Gasteiger partial charge in [-0.25, -0.2) is 14.8 Å². The van der Waals surface area contributed by atoms with E-state index in [1.807, 2.05) is 85.2 Å². The van der Waals surface area contributed by atoms with E-state index < -0.39 is 17.7 Å². The molecule has 2 fully saturated rings. The third kappa shape index (κ3) is 15.8. The zero-order valence-corrected chi connectivity index (χ0v) is 49.6. The van der Waals surface area contributed by atoms with Gasteiger partial charge in [0.2, 0.25) is 11.8 Å². The van der Waals surface area contributed by atoms with E-state index in [2.05, 4.69) is 81.2 Å². The Morgan fingerprint density at radius 3 is 1.54 bits per heavy atom. The summed E-state index contributed by atoms with van der Waals surface area (Å²) < 4.78 is 31.8. The molecule has 2 aliphatic rings. The number of amides is 3. The minimum Gasteiger partial charge on any atom is -0.497 e. The van der Waals surface area contributed by atoms with Gasteiger partial charge in [-0.2, -0.15) is 0 Å². The highest BCUT2D eigenvalue weighted by Crippen LogP contribution is 2.34. The first-order chi connectivity index (χ1) is 40.2. The summed E-state index contributed by atoms with van der Waals surface area (Å²) in [4.78, 5) is 54.1. The molecule has 0 aliphatic carbocycles. The number of hydrogen-bond donors (Lipinski definition) is 2. The van der Waals surface area contributed by atoms with Gasteiger partial charge in [0.15, 0.2) is 0 Å². The fourth-order valence-corrected chi connectivity index (χ4v) is 11.9. The smallest absolute Gasteiger partial charge is 0.407 e. The van der Waals surface area contributed by atoms with Crippen LogP contribution in [0, 0.1) is 0 Å². The number of aromatic nitrogens is 4. The van der Waals surface area contributed by atoms with E-state index in [-0.39, 0.29) is 36.1 Å². The van der Waals surface area contributed by atoms with Crippen molar-refractivity contribution in [1.29, 1.82) is 0 Å². The maximum absolute atomic E-state index is 13.9. The van der Waals surface area contributed by atoms with E-state index in [1.54, 1.807) is 28.4 Å². The van der Waals surface area contributed by atoms with Gasteiger partial charge in [-0.3, -0.25) is 9.59 Å². The molecular formula is C67H84N8O8. The first-order valence-corrected chi connectivity index (χ1v) is 29.5. The summed E-state index contributed by atoms with van der Waals surface area (Å²) in [7, 11) is 6.79. The van der Waals surface area contributed by atoms with Crippen molar-refractivity contribution in [1.82, 2.24) is 34.2 Å². The number of benzene rings is 6. The molecule has 0 unspecified atom stereocenters. The van der Waals surface area contributed by atoms with Gasteiger partial charge in [0, 0.05) is 116 Å². The molecule has 0 spiro atoms. The zero-order chi connectivity index (χ0) is 58.5. The number of hydrogen-bond acceptors (Lipinski definition) is 11. The Kier molecular flexibility index (Phi) is 20.4. The fraction of sp³-hybridized carbons (Fsp3) is 0.448. The van der Waals surface area contributed by atoms with Gasteiger partial charge in [0.1, 0.15) is 28.7 Å². The summed E-state index contributed by atoms with van der Waals surface area (Å²) in [6, 6.07) is 40.6. The molecule has 2 aliphatic heterocycles. The molecule has 0 bridgehead atoms. The summed E-state index contributed by atoms with van der Waals surface area (Å²) >= 11 is 0.